The van der Waals surface area contributed by atoms with E-state index in [1.165, 1.54) is 6.20 Å². The SMILES string of the molecule is CC(C)n1cncc1CS(=O)(=O)Cl. The molecule has 4 nitrogen and oxygen atoms in total. The zero-order chi connectivity index (χ0) is 10.1. The highest BCUT2D eigenvalue weighted by Crippen LogP contribution is 2.13. The lowest BCUT2D eigenvalue weighted by Gasteiger charge is -2.09. The zero-order valence-electron chi connectivity index (χ0n) is 7.44. The van der Waals surface area contributed by atoms with E-state index in [4.69, 9.17) is 10.7 Å². The molecule has 1 aromatic heterocycles. The molecule has 13 heavy (non-hydrogen) atoms. The molecule has 0 aliphatic rings. The summed E-state index contributed by atoms with van der Waals surface area (Å²) in [6, 6.07) is 0.191. The molecule has 0 saturated heterocycles. The van der Waals surface area contributed by atoms with Gasteiger partial charge in [0.1, 0.15) is 5.75 Å². The van der Waals surface area contributed by atoms with E-state index in [1.54, 1.807) is 10.9 Å². The molecular weight excluding hydrogens is 212 g/mol. The van der Waals surface area contributed by atoms with Gasteiger partial charge in [0.25, 0.3) is 0 Å². The Kier molecular flexibility index (Phi) is 2.98. The lowest BCUT2D eigenvalue weighted by molar-refractivity contribution is 0.575. The molecule has 0 bridgehead atoms. The van der Waals surface area contributed by atoms with Gasteiger partial charge in [0.15, 0.2) is 0 Å². The Morgan fingerprint density at radius 3 is 2.69 bits per heavy atom. The molecule has 74 valence electrons. The molecule has 0 amide bonds. The van der Waals surface area contributed by atoms with Crippen molar-refractivity contribution in [3.05, 3.63) is 18.2 Å². The highest BCUT2D eigenvalue weighted by Gasteiger charge is 2.12. The third-order valence-corrected chi connectivity index (χ3v) is 2.59. The van der Waals surface area contributed by atoms with Gasteiger partial charge in [0.05, 0.1) is 12.0 Å². The van der Waals surface area contributed by atoms with Crippen molar-refractivity contribution in [3.63, 3.8) is 0 Å². The molecule has 1 heterocycles. The van der Waals surface area contributed by atoms with E-state index in [9.17, 15) is 8.42 Å². The van der Waals surface area contributed by atoms with Gasteiger partial charge in [-0.2, -0.15) is 0 Å². The van der Waals surface area contributed by atoms with E-state index in [2.05, 4.69) is 4.98 Å². The van der Waals surface area contributed by atoms with Crippen molar-refractivity contribution in [2.75, 3.05) is 0 Å². The lowest BCUT2D eigenvalue weighted by Crippen LogP contribution is -2.06. The second-order valence-electron chi connectivity index (χ2n) is 3.07. The van der Waals surface area contributed by atoms with Crippen LogP contribution in [0.4, 0.5) is 0 Å². The Morgan fingerprint density at radius 2 is 2.23 bits per heavy atom. The first-order valence-corrected chi connectivity index (χ1v) is 6.31. The number of nitrogens with zero attached hydrogens (tertiary/aromatic N) is 2. The minimum absolute atomic E-state index is 0.174. The molecule has 0 spiro atoms. The van der Waals surface area contributed by atoms with Crippen LogP contribution in [0.2, 0.25) is 0 Å². The van der Waals surface area contributed by atoms with Crippen LogP contribution in [0, 0.1) is 0 Å². The Bertz CT molecular complexity index is 383. The van der Waals surface area contributed by atoms with Crippen LogP contribution in [-0.4, -0.2) is 18.0 Å². The van der Waals surface area contributed by atoms with Crippen molar-refractivity contribution in [3.8, 4) is 0 Å². The maximum Gasteiger partial charge on any atom is 0.238 e. The predicted molar refractivity (Wildman–Crippen MR) is 51.1 cm³/mol. The number of hydrogen-bond acceptors (Lipinski definition) is 3. The van der Waals surface area contributed by atoms with Crippen molar-refractivity contribution >= 4 is 19.7 Å². The molecule has 0 saturated carbocycles. The normalized spacial score (nSPS) is 12.3. The molecule has 1 rings (SSSR count). The maximum absolute atomic E-state index is 10.8. The topological polar surface area (TPSA) is 52.0 Å². The Hall–Kier alpha value is -0.550. The third-order valence-electron chi connectivity index (χ3n) is 1.62. The van der Waals surface area contributed by atoms with E-state index < -0.39 is 9.05 Å². The summed E-state index contributed by atoms with van der Waals surface area (Å²) in [6.45, 7) is 3.90. The maximum atomic E-state index is 10.8. The summed E-state index contributed by atoms with van der Waals surface area (Å²) in [4.78, 5) is 3.87. The lowest BCUT2D eigenvalue weighted by atomic mass is 10.4. The minimum atomic E-state index is -3.49. The fraction of sp³-hybridized carbons (Fsp3) is 0.571. The third kappa shape index (κ3) is 3.00. The number of halogens is 1. The quantitative estimate of drug-likeness (QED) is 0.729. The van der Waals surface area contributed by atoms with Gasteiger partial charge in [0.2, 0.25) is 9.05 Å². The Morgan fingerprint density at radius 1 is 1.62 bits per heavy atom. The van der Waals surface area contributed by atoms with E-state index in [1.807, 2.05) is 13.8 Å². The van der Waals surface area contributed by atoms with Crippen LogP contribution in [0.15, 0.2) is 12.5 Å². The van der Waals surface area contributed by atoms with Crippen molar-refractivity contribution in [1.82, 2.24) is 9.55 Å². The second kappa shape index (κ2) is 3.67. The van der Waals surface area contributed by atoms with E-state index >= 15 is 0 Å². The van der Waals surface area contributed by atoms with E-state index in [0.29, 0.717) is 5.69 Å². The molecule has 0 atom stereocenters. The van der Waals surface area contributed by atoms with Gasteiger partial charge >= 0.3 is 0 Å². The van der Waals surface area contributed by atoms with Crippen LogP contribution in [0.25, 0.3) is 0 Å². The molecule has 0 unspecified atom stereocenters. The zero-order valence-corrected chi connectivity index (χ0v) is 9.01. The first kappa shape index (κ1) is 10.5. The summed E-state index contributed by atoms with van der Waals surface area (Å²) in [5.74, 6) is -0.174. The molecule has 1 aromatic rings. The largest absolute Gasteiger partial charge is 0.331 e. The van der Waals surface area contributed by atoms with Crippen LogP contribution < -0.4 is 0 Å². The van der Waals surface area contributed by atoms with Crippen molar-refractivity contribution in [1.29, 1.82) is 0 Å². The van der Waals surface area contributed by atoms with Crippen LogP contribution in [0.3, 0.4) is 0 Å². The monoisotopic (exact) mass is 222 g/mol. The highest BCUT2D eigenvalue weighted by atomic mass is 35.7. The summed E-state index contributed by atoms with van der Waals surface area (Å²) < 4.78 is 23.4. The first-order valence-electron chi connectivity index (χ1n) is 3.83. The summed E-state index contributed by atoms with van der Waals surface area (Å²) >= 11 is 0. The van der Waals surface area contributed by atoms with Crippen LogP contribution in [0.5, 0.6) is 0 Å². The summed E-state index contributed by atoms with van der Waals surface area (Å²) in [6.07, 6.45) is 3.11. The molecule has 6 heteroatoms. The van der Waals surface area contributed by atoms with Gasteiger partial charge < -0.3 is 4.57 Å². The molecule has 0 radical (unpaired) electrons. The van der Waals surface area contributed by atoms with Gasteiger partial charge in [-0.1, -0.05) is 0 Å². The summed E-state index contributed by atoms with van der Waals surface area (Å²) in [7, 11) is 1.64. The smallest absolute Gasteiger partial charge is 0.238 e. The Balaban J connectivity index is 2.96. The Labute approximate surface area is 82.0 Å². The van der Waals surface area contributed by atoms with Gasteiger partial charge in [-0.05, 0) is 13.8 Å². The highest BCUT2D eigenvalue weighted by molar-refractivity contribution is 8.13. The van der Waals surface area contributed by atoms with E-state index in [0.717, 1.165) is 0 Å². The number of imidazole rings is 1. The predicted octanol–water partition coefficient (Wildman–Crippen LogP) is 1.53. The number of hydrogen-bond donors (Lipinski definition) is 0. The van der Waals surface area contributed by atoms with Crippen molar-refractivity contribution < 1.29 is 8.42 Å². The number of aromatic nitrogens is 2. The van der Waals surface area contributed by atoms with Gasteiger partial charge in [-0.3, -0.25) is 0 Å². The summed E-state index contributed by atoms with van der Waals surface area (Å²) in [5.41, 5.74) is 0.616. The van der Waals surface area contributed by atoms with Crippen molar-refractivity contribution in [2.24, 2.45) is 0 Å². The summed E-state index contributed by atoms with van der Waals surface area (Å²) in [5, 5.41) is 0. The average molecular weight is 223 g/mol. The fourth-order valence-electron chi connectivity index (χ4n) is 1.09. The average Bonchev–Trinajstić information content (AvgIpc) is 2.31. The molecule has 0 fully saturated rings. The van der Waals surface area contributed by atoms with Crippen LogP contribution in [-0.2, 0) is 14.8 Å². The second-order valence-corrected chi connectivity index (χ2v) is 5.85. The van der Waals surface area contributed by atoms with Gasteiger partial charge in [-0.15, -0.1) is 0 Å². The minimum Gasteiger partial charge on any atom is -0.331 e. The van der Waals surface area contributed by atoms with Gasteiger partial charge in [-0.25, -0.2) is 13.4 Å². The number of rotatable bonds is 3. The molecule has 0 aromatic carbocycles. The standard InChI is InChI=1S/C7H11ClN2O2S/c1-6(2)10-5-9-3-7(10)4-13(8,11)12/h3,5-6H,4H2,1-2H3. The molecule has 0 aliphatic carbocycles. The first-order chi connectivity index (χ1) is 5.90. The van der Waals surface area contributed by atoms with Gasteiger partial charge in [0, 0.05) is 22.9 Å². The molecule has 0 N–H and O–H groups in total. The fourth-order valence-corrected chi connectivity index (χ4v) is 2.00. The molecular formula is C7H11ClN2O2S. The van der Waals surface area contributed by atoms with E-state index in [-0.39, 0.29) is 11.8 Å². The van der Waals surface area contributed by atoms with Crippen LogP contribution in [0.1, 0.15) is 25.6 Å². The van der Waals surface area contributed by atoms with Crippen LogP contribution >= 0.6 is 10.7 Å². The molecule has 0 aliphatic heterocycles. The van der Waals surface area contributed by atoms with Crippen molar-refractivity contribution in [2.45, 2.75) is 25.6 Å².